The second-order valence-electron chi connectivity index (χ2n) is 7.39. The van der Waals surface area contributed by atoms with Crippen LogP contribution in [0.2, 0.25) is 10.0 Å². The number of benzene rings is 3. The van der Waals surface area contributed by atoms with Crippen LogP contribution in [0.3, 0.4) is 0 Å². The number of aromatic nitrogens is 1. The maximum absolute atomic E-state index is 12.4. The van der Waals surface area contributed by atoms with Gasteiger partial charge in [-0.2, -0.15) is 0 Å². The number of hydrogen-bond donors (Lipinski definition) is 1. The third-order valence-electron chi connectivity index (χ3n) is 4.80. The molecule has 1 heterocycles. The number of hydrogen-bond acceptors (Lipinski definition) is 4. The van der Waals surface area contributed by atoms with E-state index in [-0.39, 0.29) is 12.5 Å². The highest BCUT2D eigenvalue weighted by molar-refractivity contribution is 6.33. The number of fused-ring (bicyclic) bond motifs is 1. The van der Waals surface area contributed by atoms with Gasteiger partial charge in [0.1, 0.15) is 11.3 Å². The van der Waals surface area contributed by atoms with Crippen LogP contribution in [-0.4, -0.2) is 17.5 Å². The molecule has 4 rings (SSSR count). The lowest BCUT2D eigenvalue weighted by Gasteiger charge is -2.11. The van der Waals surface area contributed by atoms with Crippen LogP contribution >= 0.6 is 23.2 Å². The number of nitrogens with one attached hydrogen (secondary N) is 1. The molecule has 0 unspecified atom stereocenters. The zero-order valence-electron chi connectivity index (χ0n) is 17.3. The van der Waals surface area contributed by atoms with Crippen LogP contribution in [0.4, 0.5) is 5.69 Å². The van der Waals surface area contributed by atoms with Crippen LogP contribution in [0.15, 0.2) is 52.9 Å². The van der Waals surface area contributed by atoms with Crippen molar-refractivity contribution in [3.8, 4) is 17.2 Å². The molecular formula is C24H20Cl2N2O3. The van der Waals surface area contributed by atoms with Crippen LogP contribution in [0.5, 0.6) is 5.75 Å². The standard InChI is InChI=1S/C24H20Cl2N2O3/c1-13-8-15(3)23-20(9-13)28-24(31-23)16-4-6-18(26)19(11-16)27-22(29)12-30-21-7-5-17(25)10-14(21)2/h4-11H,12H2,1-3H3,(H,27,29). The molecule has 0 fully saturated rings. The lowest BCUT2D eigenvalue weighted by Crippen LogP contribution is -2.20. The van der Waals surface area contributed by atoms with Gasteiger partial charge in [0.25, 0.3) is 5.91 Å². The van der Waals surface area contributed by atoms with E-state index in [9.17, 15) is 4.79 Å². The van der Waals surface area contributed by atoms with Gasteiger partial charge in [0.15, 0.2) is 12.2 Å². The molecule has 0 saturated heterocycles. The number of oxazole rings is 1. The lowest BCUT2D eigenvalue weighted by atomic mass is 10.1. The Morgan fingerprint density at radius 1 is 1.03 bits per heavy atom. The largest absolute Gasteiger partial charge is 0.483 e. The van der Waals surface area contributed by atoms with Crippen molar-refractivity contribution in [2.45, 2.75) is 20.8 Å². The summed E-state index contributed by atoms with van der Waals surface area (Å²) in [5, 5.41) is 3.80. The smallest absolute Gasteiger partial charge is 0.262 e. The zero-order chi connectivity index (χ0) is 22.1. The van der Waals surface area contributed by atoms with E-state index in [1.54, 1.807) is 36.4 Å². The van der Waals surface area contributed by atoms with Crippen molar-refractivity contribution in [1.82, 2.24) is 4.98 Å². The molecule has 1 amide bonds. The number of aryl methyl sites for hydroxylation is 3. The summed E-state index contributed by atoms with van der Waals surface area (Å²) >= 11 is 12.2. The summed E-state index contributed by atoms with van der Waals surface area (Å²) in [4.78, 5) is 17.0. The summed E-state index contributed by atoms with van der Waals surface area (Å²) in [5.74, 6) is 0.720. The van der Waals surface area contributed by atoms with Crippen molar-refractivity contribution < 1.29 is 13.9 Å². The summed E-state index contributed by atoms with van der Waals surface area (Å²) in [6.45, 7) is 5.71. The van der Waals surface area contributed by atoms with Gasteiger partial charge in [-0.3, -0.25) is 4.79 Å². The van der Waals surface area contributed by atoms with E-state index in [1.807, 2.05) is 32.9 Å². The molecule has 5 nitrogen and oxygen atoms in total. The molecule has 158 valence electrons. The molecule has 0 aliphatic carbocycles. The Morgan fingerprint density at radius 2 is 1.84 bits per heavy atom. The highest BCUT2D eigenvalue weighted by Gasteiger charge is 2.14. The van der Waals surface area contributed by atoms with Crippen LogP contribution in [-0.2, 0) is 4.79 Å². The Labute approximate surface area is 189 Å². The van der Waals surface area contributed by atoms with Gasteiger partial charge < -0.3 is 14.5 Å². The molecule has 0 aliphatic heterocycles. The number of carbonyl (C=O) groups excluding carboxylic acids is 1. The highest BCUT2D eigenvalue weighted by atomic mass is 35.5. The fourth-order valence-corrected chi connectivity index (χ4v) is 3.75. The average molecular weight is 455 g/mol. The Balaban J connectivity index is 1.52. The highest BCUT2D eigenvalue weighted by Crippen LogP contribution is 2.32. The first kappa shape index (κ1) is 21.2. The van der Waals surface area contributed by atoms with Gasteiger partial charge in [0.05, 0.1) is 10.7 Å². The SMILES string of the molecule is Cc1cc(C)c2oc(-c3ccc(Cl)c(NC(=O)COc4ccc(Cl)cc4C)c3)nc2c1. The summed E-state index contributed by atoms with van der Waals surface area (Å²) in [5.41, 5.74) is 5.68. The number of halogens is 2. The van der Waals surface area contributed by atoms with Gasteiger partial charge in [0.2, 0.25) is 5.89 Å². The van der Waals surface area contributed by atoms with E-state index in [0.29, 0.717) is 32.9 Å². The first-order valence-corrected chi connectivity index (χ1v) is 10.4. The predicted octanol–water partition coefficient (Wildman–Crippen LogP) is 6.74. The van der Waals surface area contributed by atoms with E-state index >= 15 is 0 Å². The van der Waals surface area contributed by atoms with Crippen LogP contribution in [0.1, 0.15) is 16.7 Å². The summed E-state index contributed by atoms with van der Waals surface area (Å²) in [6.07, 6.45) is 0. The van der Waals surface area contributed by atoms with Crippen molar-refractivity contribution in [2.75, 3.05) is 11.9 Å². The maximum atomic E-state index is 12.4. The Morgan fingerprint density at radius 3 is 2.61 bits per heavy atom. The molecular weight excluding hydrogens is 435 g/mol. The normalized spacial score (nSPS) is 11.0. The van der Waals surface area contributed by atoms with E-state index < -0.39 is 0 Å². The molecule has 0 bridgehead atoms. The molecule has 1 aromatic heterocycles. The van der Waals surface area contributed by atoms with Gasteiger partial charge in [0, 0.05) is 10.6 Å². The maximum Gasteiger partial charge on any atom is 0.262 e. The second-order valence-corrected chi connectivity index (χ2v) is 8.23. The summed E-state index contributed by atoms with van der Waals surface area (Å²) < 4.78 is 11.6. The van der Waals surface area contributed by atoms with Crippen LogP contribution in [0.25, 0.3) is 22.6 Å². The van der Waals surface area contributed by atoms with Crippen molar-refractivity contribution >= 4 is 45.9 Å². The van der Waals surface area contributed by atoms with Crippen molar-refractivity contribution in [1.29, 1.82) is 0 Å². The molecule has 7 heteroatoms. The Hall–Kier alpha value is -3.02. The monoisotopic (exact) mass is 454 g/mol. The minimum Gasteiger partial charge on any atom is -0.483 e. The van der Waals surface area contributed by atoms with Gasteiger partial charge in [-0.05, 0) is 79.9 Å². The topological polar surface area (TPSA) is 64.4 Å². The van der Waals surface area contributed by atoms with Crippen LogP contribution in [0, 0.1) is 20.8 Å². The van der Waals surface area contributed by atoms with Gasteiger partial charge >= 0.3 is 0 Å². The van der Waals surface area contributed by atoms with E-state index in [4.69, 9.17) is 32.4 Å². The first-order chi connectivity index (χ1) is 14.8. The quantitative estimate of drug-likeness (QED) is 0.362. The molecule has 31 heavy (non-hydrogen) atoms. The number of nitrogens with zero attached hydrogens (tertiary/aromatic N) is 1. The Kier molecular flexibility index (Phi) is 5.90. The van der Waals surface area contributed by atoms with E-state index in [1.165, 1.54) is 0 Å². The Bertz CT molecular complexity index is 1300. The summed E-state index contributed by atoms with van der Waals surface area (Å²) in [7, 11) is 0. The average Bonchev–Trinajstić information content (AvgIpc) is 3.13. The number of amides is 1. The minimum absolute atomic E-state index is 0.162. The van der Waals surface area contributed by atoms with Crippen molar-refractivity contribution in [3.63, 3.8) is 0 Å². The van der Waals surface area contributed by atoms with Crippen LogP contribution < -0.4 is 10.1 Å². The molecule has 0 aliphatic rings. The molecule has 0 atom stereocenters. The molecule has 4 aromatic rings. The third-order valence-corrected chi connectivity index (χ3v) is 5.37. The number of rotatable bonds is 5. The van der Waals surface area contributed by atoms with E-state index in [2.05, 4.69) is 10.3 Å². The molecule has 0 saturated carbocycles. The lowest BCUT2D eigenvalue weighted by molar-refractivity contribution is -0.118. The van der Waals surface area contributed by atoms with Gasteiger partial charge in [-0.15, -0.1) is 0 Å². The number of anilines is 1. The number of carbonyl (C=O) groups is 1. The molecule has 0 spiro atoms. The molecule has 3 aromatic carbocycles. The van der Waals surface area contributed by atoms with Crippen molar-refractivity contribution in [2.24, 2.45) is 0 Å². The zero-order valence-corrected chi connectivity index (χ0v) is 18.8. The number of ether oxygens (including phenoxy) is 1. The fourth-order valence-electron chi connectivity index (χ4n) is 3.36. The molecule has 0 radical (unpaired) electrons. The summed E-state index contributed by atoms with van der Waals surface area (Å²) in [6, 6.07) is 14.5. The fraction of sp³-hybridized carbons (Fsp3) is 0.167. The van der Waals surface area contributed by atoms with E-state index in [0.717, 1.165) is 27.8 Å². The molecule has 1 N–H and O–H groups in total. The minimum atomic E-state index is -0.336. The first-order valence-electron chi connectivity index (χ1n) is 9.66. The van der Waals surface area contributed by atoms with Gasteiger partial charge in [-0.1, -0.05) is 29.3 Å². The third kappa shape index (κ3) is 4.68. The second kappa shape index (κ2) is 8.61. The van der Waals surface area contributed by atoms with Crippen molar-refractivity contribution in [3.05, 3.63) is 75.3 Å². The predicted molar refractivity (Wildman–Crippen MR) is 124 cm³/mol. The van der Waals surface area contributed by atoms with Gasteiger partial charge in [-0.25, -0.2) is 4.98 Å².